The van der Waals surface area contributed by atoms with Crippen molar-refractivity contribution in [2.75, 3.05) is 25.1 Å². The molecule has 0 aliphatic rings. The van der Waals surface area contributed by atoms with Gasteiger partial charge in [0.1, 0.15) is 5.75 Å². The highest BCUT2D eigenvalue weighted by atomic mass is 32.2. The topological polar surface area (TPSA) is 99.5 Å². The van der Waals surface area contributed by atoms with Crippen LogP contribution in [-0.4, -0.2) is 34.5 Å². The van der Waals surface area contributed by atoms with E-state index in [9.17, 15) is 13.2 Å². The van der Waals surface area contributed by atoms with Gasteiger partial charge in [-0.05, 0) is 48.5 Å². The highest BCUT2D eigenvalue weighted by Gasteiger charge is 2.16. The van der Waals surface area contributed by atoms with Crippen LogP contribution in [0.15, 0.2) is 53.4 Å². The van der Waals surface area contributed by atoms with Crippen molar-refractivity contribution in [3.05, 3.63) is 54.1 Å². The smallest absolute Gasteiger partial charge is 0.240 e. The first-order valence-corrected chi connectivity index (χ1v) is 9.27. The molecule has 0 aliphatic heterocycles. The van der Waals surface area contributed by atoms with E-state index < -0.39 is 10.0 Å². The molecular weight excluding hydrogens is 354 g/mol. The number of sulfonamides is 1. The van der Waals surface area contributed by atoms with Crippen molar-refractivity contribution in [3.63, 3.8) is 0 Å². The summed E-state index contributed by atoms with van der Waals surface area (Å²) in [6, 6.07) is 14.5. The van der Waals surface area contributed by atoms with Crippen LogP contribution in [0.25, 0.3) is 0 Å². The molecule has 0 unspecified atom stereocenters. The predicted octanol–water partition coefficient (Wildman–Crippen LogP) is 1.90. The minimum Gasteiger partial charge on any atom is -0.497 e. The van der Waals surface area contributed by atoms with Crippen LogP contribution < -0.4 is 14.4 Å². The van der Waals surface area contributed by atoms with Gasteiger partial charge in [-0.3, -0.25) is 4.79 Å². The van der Waals surface area contributed by atoms with Gasteiger partial charge in [-0.25, -0.2) is 13.1 Å². The van der Waals surface area contributed by atoms with Gasteiger partial charge in [0, 0.05) is 25.7 Å². The number of nitrogens with one attached hydrogen (secondary N) is 1. The van der Waals surface area contributed by atoms with Gasteiger partial charge in [-0.1, -0.05) is 0 Å². The number of carbonyl (C=O) groups is 1. The lowest BCUT2D eigenvalue weighted by Crippen LogP contribution is -2.37. The van der Waals surface area contributed by atoms with Crippen molar-refractivity contribution in [3.8, 4) is 11.8 Å². The molecule has 0 spiro atoms. The summed E-state index contributed by atoms with van der Waals surface area (Å²) in [5, 5.41) is 8.83. The summed E-state index contributed by atoms with van der Waals surface area (Å²) in [7, 11) is -2.18. The average molecular weight is 373 g/mol. The third kappa shape index (κ3) is 4.81. The van der Waals surface area contributed by atoms with Gasteiger partial charge in [-0.15, -0.1) is 0 Å². The lowest BCUT2D eigenvalue weighted by Gasteiger charge is -2.21. The van der Waals surface area contributed by atoms with Gasteiger partial charge in [0.2, 0.25) is 15.9 Å². The van der Waals surface area contributed by atoms with Crippen molar-refractivity contribution >= 4 is 21.6 Å². The maximum absolute atomic E-state index is 12.3. The first-order chi connectivity index (χ1) is 12.4. The lowest BCUT2D eigenvalue weighted by atomic mass is 10.2. The summed E-state index contributed by atoms with van der Waals surface area (Å²) in [5.74, 6) is 0.339. The van der Waals surface area contributed by atoms with E-state index in [0.29, 0.717) is 17.0 Å². The molecule has 0 heterocycles. The van der Waals surface area contributed by atoms with E-state index in [0.717, 1.165) is 0 Å². The minimum absolute atomic E-state index is 0.0495. The van der Waals surface area contributed by atoms with Crippen molar-refractivity contribution in [1.29, 1.82) is 5.26 Å². The summed E-state index contributed by atoms with van der Waals surface area (Å²) in [6.45, 7) is 1.61. The molecule has 2 rings (SSSR count). The highest BCUT2D eigenvalue weighted by Crippen LogP contribution is 2.17. The number of anilines is 1. The Labute approximate surface area is 152 Å². The zero-order chi connectivity index (χ0) is 19.2. The van der Waals surface area contributed by atoms with Gasteiger partial charge >= 0.3 is 0 Å². The molecule has 0 saturated heterocycles. The molecule has 2 aromatic carbocycles. The number of benzene rings is 2. The van der Waals surface area contributed by atoms with Gasteiger partial charge in [0.05, 0.1) is 23.6 Å². The lowest BCUT2D eigenvalue weighted by molar-refractivity contribution is -0.116. The van der Waals surface area contributed by atoms with Crippen LogP contribution in [-0.2, 0) is 14.8 Å². The summed E-state index contributed by atoms with van der Waals surface area (Å²) in [6.07, 6.45) is 0. The van der Waals surface area contributed by atoms with Crippen LogP contribution >= 0.6 is 0 Å². The Morgan fingerprint density at radius 2 is 1.77 bits per heavy atom. The van der Waals surface area contributed by atoms with E-state index in [-0.39, 0.29) is 23.9 Å². The van der Waals surface area contributed by atoms with Crippen molar-refractivity contribution < 1.29 is 17.9 Å². The molecular formula is C18H19N3O4S. The fraction of sp³-hybridized carbons (Fsp3) is 0.222. The number of nitriles is 1. The Bertz CT molecular complexity index is 901. The third-order valence-electron chi connectivity index (χ3n) is 3.69. The van der Waals surface area contributed by atoms with E-state index in [4.69, 9.17) is 10.00 Å². The second-order valence-electron chi connectivity index (χ2n) is 5.40. The molecule has 0 bridgehead atoms. The Morgan fingerprint density at radius 1 is 1.15 bits per heavy atom. The average Bonchev–Trinajstić information content (AvgIpc) is 2.65. The molecule has 0 atom stereocenters. The first-order valence-electron chi connectivity index (χ1n) is 7.79. The van der Waals surface area contributed by atoms with E-state index in [1.807, 2.05) is 6.07 Å². The van der Waals surface area contributed by atoms with E-state index in [1.165, 1.54) is 31.1 Å². The van der Waals surface area contributed by atoms with Crippen molar-refractivity contribution in [1.82, 2.24) is 4.72 Å². The molecule has 26 heavy (non-hydrogen) atoms. The Balaban J connectivity index is 2.04. The van der Waals surface area contributed by atoms with Gasteiger partial charge in [0.25, 0.3) is 0 Å². The van der Waals surface area contributed by atoms with E-state index in [1.54, 1.807) is 36.4 Å². The minimum atomic E-state index is -3.69. The summed E-state index contributed by atoms with van der Waals surface area (Å²) in [4.78, 5) is 13.4. The predicted molar refractivity (Wildman–Crippen MR) is 97.4 cm³/mol. The van der Waals surface area contributed by atoms with Crippen LogP contribution in [0.5, 0.6) is 5.75 Å². The monoisotopic (exact) mass is 373 g/mol. The standard InChI is InChI=1S/C18H19N3O4S/c1-14(22)21(16-5-3-15(13-19)4-6-16)12-11-20-26(23,24)18-9-7-17(25-2)8-10-18/h3-10,20H,11-12H2,1-2H3. The largest absolute Gasteiger partial charge is 0.497 e. The van der Waals surface area contributed by atoms with Gasteiger partial charge < -0.3 is 9.64 Å². The fourth-order valence-electron chi connectivity index (χ4n) is 2.31. The number of methoxy groups -OCH3 is 1. The van der Waals surface area contributed by atoms with Crippen LogP contribution in [0.1, 0.15) is 12.5 Å². The molecule has 0 aromatic heterocycles. The molecule has 1 N–H and O–H groups in total. The van der Waals surface area contributed by atoms with Crippen LogP contribution in [0, 0.1) is 11.3 Å². The molecule has 0 aliphatic carbocycles. The summed E-state index contributed by atoms with van der Waals surface area (Å²) in [5.41, 5.74) is 1.08. The zero-order valence-corrected chi connectivity index (χ0v) is 15.3. The maximum Gasteiger partial charge on any atom is 0.240 e. The molecule has 8 heteroatoms. The Hall–Kier alpha value is -2.89. The maximum atomic E-state index is 12.3. The summed E-state index contributed by atoms with van der Waals surface area (Å²) < 4.78 is 32.1. The second-order valence-corrected chi connectivity index (χ2v) is 7.17. The molecule has 2 aromatic rings. The zero-order valence-electron chi connectivity index (χ0n) is 14.5. The Kier molecular flexibility index (Phi) is 6.33. The molecule has 0 fully saturated rings. The van der Waals surface area contributed by atoms with E-state index in [2.05, 4.69) is 4.72 Å². The number of rotatable bonds is 7. The van der Waals surface area contributed by atoms with Crippen LogP contribution in [0.2, 0.25) is 0 Å². The number of hydrogen-bond donors (Lipinski definition) is 1. The van der Waals surface area contributed by atoms with Crippen molar-refractivity contribution in [2.24, 2.45) is 0 Å². The number of ether oxygens (including phenoxy) is 1. The normalized spacial score (nSPS) is 10.8. The number of nitrogens with zero attached hydrogens (tertiary/aromatic N) is 2. The number of carbonyl (C=O) groups excluding carboxylic acids is 1. The SMILES string of the molecule is COc1ccc(S(=O)(=O)NCCN(C(C)=O)c2ccc(C#N)cc2)cc1. The highest BCUT2D eigenvalue weighted by molar-refractivity contribution is 7.89. The molecule has 1 amide bonds. The second kappa shape index (κ2) is 8.47. The molecule has 136 valence electrons. The number of amides is 1. The van der Waals surface area contributed by atoms with Gasteiger partial charge in [0.15, 0.2) is 0 Å². The third-order valence-corrected chi connectivity index (χ3v) is 5.16. The quantitative estimate of drug-likeness (QED) is 0.799. The van der Waals surface area contributed by atoms with Crippen LogP contribution in [0.4, 0.5) is 5.69 Å². The Morgan fingerprint density at radius 3 is 2.27 bits per heavy atom. The molecule has 0 radical (unpaired) electrons. The van der Waals surface area contributed by atoms with Crippen molar-refractivity contribution in [2.45, 2.75) is 11.8 Å². The molecule has 0 saturated carbocycles. The van der Waals surface area contributed by atoms with Gasteiger partial charge in [-0.2, -0.15) is 5.26 Å². The van der Waals surface area contributed by atoms with Crippen LogP contribution in [0.3, 0.4) is 0 Å². The van der Waals surface area contributed by atoms with E-state index >= 15 is 0 Å². The number of hydrogen-bond acceptors (Lipinski definition) is 5. The summed E-state index contributed by atoms with van der Waals surface area (Å²) >= 11 is 0. The molecule has 7 nitrogen and oxygen atoms in total. The first kappa shape index (κ1) is 19.4. The fourth-order valence-corrected chi connectivity index (χ4v) is 3.34.